The molecule has 0 aliphatic carbocycles. The van der Waals surface area contributed by atoms with Crippen LogP contribution in [0.1, 0.15) is 21.5 Å². The molecule has 1 aliphatic rings. The van der Waals surface area contributed by atoms with Gasteiger partial charge in [0.05, 0.1) is 12.0 Å². The van der Waals surface area contributed by atoms with Crippen molar-refractivity contribution in [2.75, 3.05) is 16.0 Å². The number of fused-ring (bicyclic) bond motifs is 1. The number of hydrogen-bond donors (Lipinski definition) is 4. The van der Waals surface area contributed by atoms with Crippen LogP contribution in [0.4, 0.5) is 21.9 Å². The first-order valence-electron chi connectivity index (χ1n) is 9.40. The highest BCUT2D eigenvalue weighted by molar-refractivity contribution is 6.08. The van der Waals surface area contributed by atoms with Gasteiger partial charge in [-0.25, -0.2) is 9.78 Å². The van der Waals surface area contributed by atoms with E-state index in [1.54, 1.807) is 36.4 Å². The molecule has 1 aromatic heterocycles. The molecule has 31 heavy (non-hydrogen) atoms. The van der Waals surface area contributed by atoms with Crippen molar-refractivity contribution < 1.29 is 24.2 Å². The SMILES string of the molecule is O=C1Cc2ccc(NC(=O)c3ccccc3NCc3ccc(OC(=O)O)nc3)cc2N1. The number of carbonyl (C=O) groups is 3. The molecule has 156 valence electrons. The molecule has 4 N–H and O–H groups in total. The maximum Gasteiger partial charge on any atom is 0.512 e. The third kappa shape index (κ3) is 4.78. The molecular weight excluding hydrogens is 400 g/mol. The summed E-state index contributed by atoms with van der Waals surface area (Å²) in [5, 5.41) is 17.4. The Labute approximate surface area is 177 Å². The lowest BCUT2D eigenvalue weighted by Gasteiger charge is -2.13. The number of nitrogens with zero attached hydrogens (tertiary/aromatic N) is 1. The molecular formula is C22H18N4O5. The normalized spacial score (nSPS) is 11.9. The van der Waals surface area contributed by atoms with E-state index in [4.69, 9.17) is 5.11 Å². The van der Waals surface area contributed by atoms with Crippen molar-refractivity contribution in [1.29, 1.82) is 0 Å². The van der Waals surface area contributed by atoms with Crippen molar-refractivity contribution in [1.82, 2.24) is 4.98 Å². The first-order chi connectivity index (χ1) is 15.0. The maximum atomic E-state index is 12.8. The lowest BCUT2D eigenvalue weighted by molar-refractivity contribution is -0.115. The highest BCUT2D eigenvalue weighted by Crippen LogP contribution is 2.27. The topological polar surface area (TPSA) is 130 Å². The Balaban J connectivity index is 1.43. The number of aromatic nitrogens is 1. The van der Waals surface area contributed by atoms with Crippen LogP contribution in [0.15, 0.2) is 60.8 Å². The van der Waals surface area contributed by atoms with Gasteiger partial charge in [0.2, 0.25) is 11.8 Å². The summed E-state index contributed by atoms with van der Waals surface area (Å²) in [5.41, 5.74) is 4.04. The fourth-order valence-electron chi connectivity index (χ4n) is 3.19. The van der Waals surface area contributed by atoms with E-state index < -0.39 is 6.16 Å². The van der Waals surface area contributed by atoms with Gasteiger partial charge in [0.1, 0.15) is 0 Å². The van der Waals surface area contributed by atoms with Crippen LogP contribution in [0.5, 0.6) is 5.88 Å². The molecule has 0 bridgehead atoms. The minimum absolute atomic E-state index is 0.0124. The number of amides is 2. The molecule has 9 heteroatoms. The van der Waals surface area contributed by atoms with Crippen LogP contribution in [-0.4, -0.2) is 28.1 Å². The van der Waals surface area contributed by atoms with Gasteiger partial charge >= 0.3 is 6.16 Å². The van der Waals surface area contributed by atoms with Crippen molar-refractivity contribution in [2.24, 2.45) is 0 Å². The molecule has 2 heterocycles. The zero-order chi connectivity index (χ0) is 21.8. The Hall–Kier alpha value is -4.40. The van der Waals surface area contributed by atoms with Crippen LogP contribution in [0.2, 0.25) is 0 Å². The number of hydrogen-bond acceptors (Lipinski definition) is 6. The summed E-state index contributed by atoms with van der Waals surface area (Å²) in [6, 6.07) is 15.5. The zero-order valence-corrected chi connectivity index (χ0v) is 16.2. The third-order valence-electron chi connectivity index (χ3n) is 4.64. The number of ether oxygens (including phenoxy) is 1. The molecule has 2 aromatic carbocycles. The molecule has 0 unspecified atom stereocenters. The van der Waals surface area contributed by atoms with Crippen molar-refractivity contribution in [3.63, 3.8) is 0 Å². The molecule has 0 radical (unpaired) electrons. The van der Waals surface area contributed by atoms with Gasteiger partial charge in [0.15, 0.2) is 0 Å². The lowest BCUT2D eigenvalue weighted by Crippen LogP contribution is -2.15. The van der Waals surface area contributed by atoms with E-state index in [1.807, 2.05) is 12.1 Å². The highest BCUT2D eigenvalue weighted by atomic mass is 16.7. The molecule has 3 aromatic rings. The Morgan fingerprint density at radius 1 is 1.13 bits per heavy atom. The molecule has 0 saturated heterocycles. The zero-order valence-electron chi connectivity index (χ0n) is 16.2. The number of benzene rings is 2. The molecule has 1 aliphatic heterocycles. The number of anilines is 3. The standard InChI is InChI=1S/C22H18N4O5/c27-19-9-14-6-7-15(10-18(14)26-19)25-21(28)16-3-1-2-4-17(16)23-11-13-5-8-20(24-12-13)31-22(29)30/h1-8,10,12,23H,9,11H2,(H,25,28)(H,26,27)(H,29,30). The predicted molar refractivity (Wildman–Crippen MR) is 113 cm³/mol. The Morgan fingerprint density at radius 3 is 2.74 bits per heavy atom. The number of pyridine rings is 1. The Morgan fingerprint density at radius 2 is 1.97 bits per heavy atom. The van der Waals surface area contributed by atoms with Crippen LogP contribution in [0, 0.1) is 0 Å². The van der Waals surface area contributed by atoms with Crippen molar-refractivity contribution >= 4 is 35.0 Å². The fourth-order valence-corrected chi connectivity index (χ4v) is 3.19. The van der Waals surface area contributed by atoms with Crippen LogP contribution in [0.3, 0.4) is 0 Å². The maximum absolute atomic E-state index is 12.8. The second kappa shape index (κ2) is 8.54. The average molecular weight is 418 g/mol. The monoisotopic (exact) mass is 418 g/mol. The lowest BCUT2D eigenvalue weighted by atomic mass is 10.1. The van der Waals surface area contributed by atoms with E-state index in [1.165, 1.54) is 12.3 Å². The van der Waals surface area contributed by atoms with Crippen LogP contribution < -0.4 is 20.7 Å². The quantitative estimate of drug-likeness (QED) is 0.451. The summed E-state index contributed by atoms with van der Waals surface area (Å²) in [7, 11) is 0. The van der Waals surface area contributed by atoms with E-state index in [0.717, 1.165) is 11.1 Å². The molecule has 9 nitrogen and oxygen atoms in total. The number of carbonyl (C=O) groups excluding carboxylic acids is 2. The highest BCUT2D eigenvalue weighted by Gasteiger charge is 2.18. The summed E-state index contributed by atoms with van der Waals surface area (Å²) in [4.78, 5) is 38.8. The number of rotatable bonds is 6. The van der Waals surface area contributed by atoms with Gasteiger partial charge in [-0.15, -0.1) is 0 Å². The molecule has 0 saturated carbocycles. The summed E-state index contributed by atoms with van der Waals surface area (Å²) in [6.07, 6.45) is 0.408. The predicted octanol–water partition coefficient (Wildman–Crippen LogP) is 3.50. The second-order valence-electron chi connectivity index (χ2n) is 6.82. The van der Waals surface area contributed by atoms with Gasteiger partial charge in [0.25, 0.3) is 5.91 Å². The van der Waals surface area contributed by atoms with Crippen LogP contribution >= 0.6 is 0 Å². The van der Waals surface area contributed by atoms with Gasteiger partial charge in [-0.05, 0) is 35.4 Å². The van der Waals surface area contributed by atoms with E-state index >= 15 is 0 Å². The van der Waals surface area contributed by atoms with Gasteiger partial charge in [0, 0.05) is 35.9 Å². The number of para-hydroxylation sites is 1. The smallest absolute Gasteiger partial charge is 0.449 e. The van der Waals surface area contributed by atoms with Crippen molar-refractivity contribution in [2.45, 2.75) is 13.0 Å². The third-order valence-corrected chi connectivity index (χ3v) is 4.64. The summed E-state index contributed by atoms with van der Waals surface area (Å²) in [5.74, 6) is -0.373. The van der Waals surface area contributed by atoms with E-state index in [0.29, 0.717) is 35.6 Å². The molecule has 2 amide bonds. The number of carboxylic acid groups (broad SMARTS) is 1. The summed E-state index contributed by atoms with van der Waals surface area (Å²) in [6.45, 7) is 0.371. The van der Waals surface area contributed by atoms with Gasteiger partial charge in [-0.2, -0.15) is 0 Å². The van der Waals surface area contributed by atoms with Crippen LogP contribution in [0.25, 0.3) is 0 Å². The molecule has 0 fully saturated rings. The van der Waals surface area contributed by atoms with E-state index in [9.17, 15) is 14.4 Å². The van der Waals surface area contributed by atoms with Crippen molar-refractivity contribution in [3.05, 3.63) is 77.5 Å². The van der Waals surface area contributed by atoms with E-state index in [-0.39, 0.29) is 17.7 Å². The minimum Gasteiger partial charge on any atom is -0.449 e. The second-order valence-corrected chi connectivity index (χ2v) is 6.82. The van der Waals surface area contributed by atoms with Crippen LogP contribution in [-0.2, 0) is 17.8 Å². The number of nitrogens with one attached hydrogen (secondary N) is 3. The summed E-state index contributed by atoms with van der Waals surface area (Å²) < 4.78 is 4.48. The van der Waals surface area contributed by atoms with Gasteiger partial charge in [-0.3, -0.25) is 9.59 Å². The average Bonchev–Trinajstić information content (AvgIpc) is 3.12. The van der Waals surface area contributed by atoms with Crippen molar-refractivity contribution in [3.8, 4) is 5.88 Å². The first kappa shape index (κ1) is 19.9. The molecule has 0 spiro atoms. The van der Waals surface area contributed by atoms with E-state index in [2.05, 4.69) is 25.7 Å². The first-order valence-corrected chi connectivity index (χ1v) is 9.40. The Kier molecular flexibility index (Phi) is 5.48. The van der Waals surface area contributed by atoms with Gasteiger partial charge in [-0.1, -0.05) is 24.3 Å². The fraction of sp³-hybridized carbons (Fsp3) is 0.0909. The largest absolute Gasteiger partial charge is 0.512 e. The Bertz CT molecular complexity index is 1160. The minimum atomic E-state index is -1.43. The molecule has 4 rings (SSSR count). The van der Waals surface area contributed by atoms with Gasteiger partial charge < -0.3 is 25.8 Å². The molecule has 0 atom stereocenters. The summed E-state index contributed by atoms with van der Waals surface area (Å²) >= 11 is 0.